The molecule has 0 rings (SSSR count). The topological polar surface area (TPSA) is 101 Å². The van der Waals surface area contributed by atoms with Gasteiger partial charge in [0.25, 0.3) is 0 Å². The van der Waals surface area contributed by atoms with Gasteiger partial charge in [-0.3, -0.25) is 9.59 Å². The van der Waals surface area contributed by atoms with Gasteiger partial charge in [0.1, 0.15) is 5.92 Å². The number of hydrogen-bond donors (Lipinski definition) is 2. The molecule has 2 atom stereocenters. The lowest BCUT2D eigenvalue weighted by molar-refractivity contribution is -0.188. The fourth-order valence-electron chi connectivity index (χ4n) is 3.51. The molecule has 0 aromatic carbocycles. The third-order valence-electron chi connectivity index (χ3n) is 5.17. The third-order valence-corrected chi connectivity index (χ3v) is 5.17. The average molecular weight is 401 g/mol. The van der Waals surface area contributed by atoms with Crippen molar-refractivity contribution in [3.8, 4) is 0 Å². The maximum Gasteiger partial charge on any atom is 0.344 e. The molecule has 0 aliphatic carbocycles. The lowest BCUT2D eigenvalue weighted by atomic mass is 9.78. The summed E-state index contributed by atoms with van der Waals surface area (Å²) in [5.41, 5.74) is -2.28. The minimum atomic E-state index is -2.28. The molecule has 0 spiro atoms. The molecule has 2 unspecified atom stereocenters. The monoisotopic (exact) mass is 400 g/mol. The molecule has 0 fully saturated rings. The molecule has 0 saturated carbocycles. The molecule has 0 heterocycles. The number of aliphatic carboxylic acids is 2. The summed E-state index contributed by atoms with van der Waals surface area (Å²) in [6.45, 7) is 6.04. The lowest BCUT2D eigenvalue weighted by Gasteiger charge is -2.33. The number of carbonyl (C=O) groups is 3. The van der Waals surface area contributed by atoms with Crippen LogP contribution in [0, 0.1) is 5.92 Å². The lowest BCUT2D eigenvalue weighted by Crippen LogP contribution is -2.57. The molecular weight excluding hydrogens is 360 g/mol. The summed E-state index contributed by atoms with van der Waals surface area (Å²) in [6.07, 6.45) is 9.87. The van der Waals surface area contributed by atoms with Crippen LogP contribution in [-0.2, 0) is 19.1 Å². The van der Waals surface area contributed by atoms with E-state index in [0.29, 0.717) is 19.3 Å². The van der Waals surface area contributed by atoms with Gasteiger partial charge in [0.15, 0.2) is 5.78 Å². The first-order chi connectivity index (χ1) is 13.4. The SMILES string of the molecule is CCCCCCCCOC(C(=O)O)(C(=O)CCC)C(CCCCCC)C(=O)O. The van der Waals surface area contributed by atoms with Crippen LogP contribution < -0.4 is 0 Å². The second-order valence-corrected chi connectivity index (χ2v) is 7.57. The highest BCUT2D eigenvalue weighted by molar-refractivity contribution is 6.09. The van der Waals surface area contributed by atoms with Gasteiger partial charge in [-0.05, 0) is 19.3 Å². The zero-order valence-corrected chi connectivity index (χ0v) is 18.0. The second kappa shape index (κ2) is 15.5. The first kappa shape index (κ1) is 26.6. The van der Waals surface area contributed by atoms with Crippen LogP contribution in [0.15, 0.2) is 0 Å². The number of unbranched alkanes of at least 4 members (excludes halogenated alkanes) is 8. The van der Waals surface area contributed by atoms with Gasteiger partial charge in [0.2, 0.25) is 5.60 Å². The van der Waals surface area contributed by atoms with Crippen LogP contribution in [0.25, 0.3) is 0 Å². The Balaban J connectivity index is 5.28. The maximum absolute atomic E-state index is 12.8. The second-order valence-electron chi connectivity index (χ2n) is 7.57. The molecule has 0 saturated heterocycles. The molecular formula is C22H40O6. The fraction of sp³-hybridized carbons (Fsp3) is 0.864. The van der Waals surface area contributed by atoms with Crippen LogP contribution in [0.5, 0.6) is 0 Å². The van der Waals surface area contributed by atoms with Crippen LogP contribution in [0.1, 0.15) is 104 Å². The molecule has 0 bridgehead atoms. The maximum atomic E-state index is 12.8. The number of hydrogen-bond acceptors (Lipinski definition) is 4. The number of carbonyl (C=O) groups excluding carboxylic acids is 1. The van der Waals surface area contributed by atoms with E-state index in [4.69, 9.17) is 4.74 Å². The Morgan fingerprint density at radius 2 is 1.32 bits per heavy atom. The van der Waals surface area contributed by atoms with Crippen molar-refractivity contribution in [2.75, 3.05) is 6.61 Å². The summed E-state index contributed by atoms with van der Waals surface area (Å²) in [4.78, 5) is 36.9. The molecule has 28 heavy (non-hydrogen) atoms. The number of ketones is 1. The summed E-state index contributed by atoms with van der Waals surface area (Å²) in [5, 5.41) is 19.6. The molecule has 0 amide bonds. The molecule has 0 aliphatic heterocycles. The summed E-state index contributed by atoms with van der Waals surface area (Å²) in [6, 6.07) is 0. The Kier molecular flexibility index (Phi) is 14.7. The van der Waals surface area contributed by atoms with Crippen molar-refractivity contribution < 1.29 is 29.3 Å². The van der Waals surface area contributed by atoms with Crippen molar-refractivity contribution >= 4 is 17.7 Å². The number of rotatable bonds is 19. The molecule has 2 N–H and O–H groups in total. The predicted molar refractivity (Wildman–Crippen MR) is 109 cm³/mol. The van der Waals surface area contributed by atoms with Gasteiger partial charge in [-0.15, -0.1) is 0 Å². The zero-order chi connectivity index (χ0) is 21.4. The van der Waals surface area contributed by atoms with Crippen molar-refractivity contribution in [2.45, 2.75) is 110 Å². The van der Waals surface area contributed by atoms with Crippen molar-refractivity contribution in [1.29, 1.82) is 0 Å². The van der Waals surface area contributed by atoms with Gasteiger partial charge >= 0.3 is 11.9 Å². The van der Waals surface area contributed by atoms with E-state index in [0.717, 1.165) is 51.4 Å². The van der Waals surface area contributed by atoms with E-state index in [-0.39, 0.29) is 19.4 Å². The van der Waals surface area contributed by atoms with Gasteiger partial charge in [-0.2, -0.15) is 0 Å². The summed E-state index contributed by atoms with van der Waals surface area (Å²) in [7, 11) is 0. The fourth-order valence-corrected chi connectivity index (χ4v) is 3.51. The van der Waals surface area contributed by atoms with Gasteiger partial charge < -0.3 is 14.9 Å². The standard InChI is InChI=1S/C22H40O6/c1-4-7-9-11-12-14-17-28-22(21(26)27,19(23)15-6-3)18(20(24)25)16-13-10-8-5-2/h18H,4-17H2,1-3H3,(H,24,25)(H,26,27). The molecule has 6 nitrogen and oxygen atoms in total. The van der Waals surface area contributed by atoms with Crippen molar-refractivity contribution in [2.24, 2.45) is 5.92 Å². The van der Waals surface area contributed by atoms with Crippen molar-refractivity contribution in [3.63, 3.8) is 0 Å². The number of carboxylic acid groups (broad SMARTS) is 2. The first-order valence-corrected chi connectivity index (χ1v) is 11.0. The van der Waals surface area contributed by atoms with Gasteiger partial charge in [-0.1, -0.05) is 78.6 Å². The van der Waals surface area contributed by atoms with Gasteiger partial charge in [0.05, 0.1) is 0 Å². The average Bonchev–Trinajstić information content (AvgIpc) is 2.64. The highest BCUT2D eigenvalue weighted by Crippen LogP contribution is 2.32. The van der Waals surface area contributed by atoms with Crippen LogP contribution >= 0.6 is 0 Å². The largest absolute Gasteiger partial charge is 0.481 e. The van der Waals surface area contributed by atoms with E-state index in [9.17, 15) is 24.6 Å². The van der Waals surface area contributed by atoms with E-state index in [1.54, 1.807) is 6.92 Å². The molecule has 0 aliphatic rings. The Labute approximate surface area is 170 Å². The smallest absolute Gasteiger partial charge is 0.344 e. The van der Waals surface area contributed by atoms with E-state index in [1.165, 1.54) is 0 Å². The van der Waals surface area contributed by atoms with Crippen LogP contribution in [0.4, 0.5) is 0 Å². The zero-order valence-electron chi connectivity index (χ0n) is 18.0. The molecule has 164 valence electrons. The molecule has 0 aromatic heterocycles. The Bertz CT molecular complexity index is 462. The molecule has 6 heteroatoms. The summed E-state index contributed by atoms with van der Waals surface area (Å²) < 4.78 is 5.66. The number of Topliss-reactive ketones (excluding diaryl/α,β-unsaturated/α-hetero) is 1. The highest BCUT2D eigenvalue weighted by atomic mass is 16.5. The summed E-state index contributed by atoms with van der Waals surface area (Å²) in [5.74, 6) is -4.73. The van der Waals surface area contributed by atoms with Crippen molar-refractivity contribution in [3.05, 3.63) is 0 Å². The van der Waals surface area contributed by atoms with Crippen LogP contribution in [-0.4, -0.2) is 40.1 Å². The van der Waals surface area contributed by atoms with Crippen LogP contribution in [0.3, 0.4) is 0 Å². The van der Waals surface area contributed by atoms with Crippen LogP contribution in [0.2, 0.25) is 0 Å². The minimum absolute atomic E-state index is 0.00153. The summed E-state index contributed by atoms with van der Waals surface area (Å²) >= 11 is 0. The Morgan fingerprint density at radius 3 is 1.82 bits per heavy atom. The van der Waals surface area contributed by atoms with Gasteiger partial charge in [0, 0.05) is 13.0 Å². The van der Waals surface area contributed by atoms with E-state index in [2.05, 4.69) is 6.92 Å². The van der Waals surface area contributed by atoms with Gasteiger partial charge in [-0.25, -0.2) is 4.79 Å². The number of ether oxygens (including phenoxy) is 1. The van der Waals surface area contributed by atoms with E-state index < -0.39 is 29.2 Å². The molecule has 0 radical (unpaired) electrons. The number of carboxylic acids is 2. The Hall–Kier alpha value is -1.43. The highest BCUT2D eigenvalue weighted by Gasteiger charge is 2.55. The normalized spacial score (nSPS) is 14.4. The quantitative estimate of drug-likeness (QED) is 0.227. The third kappa shape index (κ3) is 8.72. The van der Waals surface area contributed by atoms with E-state index in [1.807, 2.05) is 6.92 Å². The van der Waals surface area contributed by atoms with Crippen molar-refractivity contribution in [1.82, 2.24) is 0 Å². The minimum Gasteiger partial charge on any atom is -0.481 e. The Morgan fingerprint density at radius 1 is 0.786 bits per heavy atom. The predicted octanol–water partition coefficient (Wildman–Crippen LogP) is 5.23. The molecule has 0 aromatic rings. The first-order valence-electron chi connectivity index (χ1n) is 11.0. The van der Waals surface area contributed by atoms with E-state index >= 15 is 0 Å².